The van der Waals surface area contributed by atoms with Crippen LogP contribution in [-0.2, 0) is 16.6 Å². The summed E-state index contributed by atoms with van der Waals surface area (Å²) < 4.78 is 14.8. The highest BCUT2D eigenvalue weighted by Gasteiger charge is 2.54. The fourth-order valence-electron chi connectivity index (χ4n) is 10.7. The van der Waals surface area contributed by atoms with Gasteiger partial charge in [0.2, 0.25) is 11.8 Å². The molecule has 1 atom stereocenters. The van der Waals surface area contributed by atoms with E-state index in [4.69, 9.17) is 9.47 Å². The van der Waals surface area contributed by atoms with E-state index in [-0.39, 0.29) is 18.1 Å². The Bertz CT molecular complexity index is 2560. The van der Waals surface area contributed by atoms with Crippen molar-refractivity contribution in [3.63, 3.8) is 0 Å². The fourth-order valence-corrected chi connectivity index (χ4v) is 10.7. The summed E-state index contributed by atoms with van der Waals surface area (Å²) in [6.07, 6.45) is 11.6. The molecule has 2 aromatic carbocycles. The Labute approximate surface area is 348 Å². The van der Waals surface area contributed by atoms with Gasteiger partial charge in [0.05, 0.1) is 29.4 Å². The predicted molar refractivity (Wildman–Crippen MR) is 228 cm³/mol. The molecule has 13 heteroatoms. The largest absolute Gasteiger partial charge is 0.474 e. The number of carbonyl (C=O) groups excluding carboxylic acids is 3. The number of anilines is 1. The molecule has 5 fully saturated rings. The Morgan fingerprint density at radius 3 is 2.47 bits per heavy atom. The minimum Gasteiger partial charge on any atom is -0.474 e. The van der Waals surface area contributed by atoms with Gasteiger partial charge in [-0.25, -0.2) is 4.98 Å². The molecule has 13 nitrogen and oxygen atoms in total. The van der Waals surface area contributed by atoms with Crippen molar-refractivity contribution in [2.24, 2.45) is 12.5 Å². The Morgan fingerprint density at radius 1 is 0.883 bits per heavy atom. The molecule has 1 spiro atoms. The SMILES string of the molecule is C=C1CCC(N2C(=O)c3ccc(N4CC(OCCN5CC6(CC(N(C)[C@H]7C[C@H](Oc8ccc(-c9ccc%10c%11cnccc%11n(C)c%10c9)cn8)C7)C6)C5)C4)cc3C2=O)C(=O)N1. The number of aryl methyl sites for hydroxylation is 1. The van der Waals surface area contributed by atoms with E-state index in [1.54, 1.807) is 12.1 Å². The number of likely N-dealkylation sites (tertiary alicyclic amines) is 1. The lowest BCUT2D eigenvalue weighted by atomic mass is 9.60. The zero-order valence-corrected chi connectivity index (χ0v) is 34.2. The highest BCUT2D eigenvalue weighted by Crippen LogP contribution is 2.51. The zero-order valence-electron chi connectivity index (χ0n) is 34.2. The molecular weight excluding hydrogens is 757 g/mol. The van der Waals surface area contributed by atoms with Gasteiger partial charge in [-0.05, 0) is 80.1 Å². The topological polar surface area (TPSA) is 125 Å². The van der Waals surface area contributed by atoms with Gasteiger partial charge in [-0.2, -0.15) is 0 Å². The van der Waals surface area contributed by atoms with Crippen molar-refractivity contribution >= 4 is 45.2 Å². The van der Waals surface area contributed by atoms with Crippen LogP contribution in [0.15, 0.2) is 85.5 Å². The third-order valence-corrected chi connectivity index (χ3v) is 14.4. The summed E-state index contributed by atoms with van der Waals surface area (Å²) in [5.41, 5.74) is 7.26. The first kappa shape index (κ1) is 37.4. The van der Waals surface area contributed by atoms with Gasteiger partial charge in [0.15, 0.2) is 0 Å². The lowest BCUT2D eigenvalue weighted by Gasteiger charge is -2.62. The van der Waals surface area contributed by atoms with Crippen LogP contribution in [0, 0.1) is 5.41 Å². The molecule has 3 aromatic heterocycles. The van der Waals surface area contributed by atoms with Gasteiger partial charge >= 0.3 is 0 Å². The number of benzene rings is 2. The number of piperidine rings is 1. The van der Waals surface area contributed by atoms with Gasteiger partial charge in [0.1, 0.15) is 12.1 Å². The number of carbonyl (C=O) groups is 3. The summed E-state index contributed by atoms with van der Waals surface area (Å²) in [5, 5.41) is 5.06. The van der Waals surface area contributed by atoms with Crippen LogP contribution in [0.4, 0.5) is 5.69 Å². The Hall–Kier alpha value is -5.63. The minimum absolute atomic E-state index is 0.142. The number of pyridine rings is 2. The van der Waals surface area contributed by atoms with E-state index in [1.165, 1.54) is 34.6 Å². The number of nitrogens with one attached hydrogen (secondary N) is 1. The molecular formula is C47H50N8O5. The first-order valence-corrected chi connectivity index (χ1v) is 21.4. The molecule has 0 bridgehead atoms. The lowest BCUT2D eigenvalue weighted by Crippen LogP contribution is -2.68. The molecule has 1 unspecified atom stereocenters. The maximum Gasteiger partial charge on any atom is 0.262 e. The molecule has 5 aromatic rings. The van der Waals surface area contributed by atoms with Crippen LogP contribution >= 0.6 is 0 Å². The number of aromatic nitrogens is 3. The van der Waals surface area contributed by atoms with Crippen molar-refractivity contribution in [3.8, 4) is 17.0 Å². The molecule has 0 radical (unpaired) electrons. The van der Waals surface area contributed by atoms with Gasteiger partial charge in [0, 0.05) is 123 Å². The third-order valence-electron chi connectivity index (χ3n) is 14.4. The lowest BCUT2D eigenvalue weighted by molar-refractivity contribution is -0.129. The van der Waals surface area contributed by atoms with Crippen molar-refractivity contribution in [2.75, 3.05) is 51.3 Å². The number of fused-ring (bicyclic) bond motifs is 4. The number of nitrogens with zero attached hydrogens (tertiary/aromatic N) is 7. The van der Waals surface area contributed by atoms with Crippen molar-refractivity contribution in [1.82, 2.24) is 34.6 Å². The van der Waals surface area contributed by atoms with E-state index >= 15 is 0 Å². The summed E-state index contributed by atoms with van der Waals surface area (Å²) >= 11 is 0. The molecule has 3 amide bonds. The maximum absolute atomic E-state index is 13.3. The second-order valence-electron chi connectivity index (χ2n) is 18.1. The second-order valence-corrected chi connectivity index (χ2v) is 18.1. The van der Waals surface area contributed by atoms with Crippen LogP contribution in [-0.4, -0.2) is 124 Å². The van der Waals surface area contributed by atoms with Gasteiger partial charge < -0.3 is 29.2 Å². The molecule has 3 saturated heterocycles. The Balaban J connectivity index is 0.584. The second kappa shape index (κ2) is 14.2. The number of hydrogen-bond donors (Lipinski definition) is 1. The fraction of sp³-hybridized carbons (Fsp3) is 0.426. The normalized spacial score (nSPS) is 24.1. The number of ether oxygens (including phenoxy) is 2. The third kappa shape index (κ3) is 6.28. The molecule has 308 valence electrons. The summed E-state index contributed by atoms with van der Waals surface area (Å²) in [4.78, 5) is 56.4. The van der Waals surface area contributed by atoms with Crippen molar-refractivity contribution in [1.29, 1.82) is 0 Å². The molecule has 11 rings (SSSR count). The minimum atomic E-state index is -0.804. The van der Waals surface area contributed by atoms with Crippen molar-refractivity contribution in [2.45, 2.75) is 68.9 Å². The van der Waals surface area contributed by atoms with Crippen LogP contribution < -0.4 is 15.0 Å². The predicted octanol–water partition coefficient (Wildman–Crippen LogP) is 5.39. The average molecular weight is 807 g/mol. The van der Waals surface area contributed by atoms with E-state index < -0.39 is 17.9 Å². The number of allylic oxidation sites excluding steroid dienone is 1. The highest BCUT2D eigenvalue weighted by molar-refractivity contribution is 6.23. The quantitative estimate of drug-likeness (QED) is 0.174. The molecule has 7 heterocycles. The molecule has 2 aliphatic carbocycles. The molecule has 2 saturated carbocycles. The number of hydrogen-bond acceptors (Lipinski definition) is 10. The Kier molecular flexibility index (Phi) is 8.87. The van der Waals surface area contributed by atoms with Gasteiger partial charge in [-0.3, -0.25) is 29.2 Å². The monoisotopic (exact) mass is 806 g/mol. The summed E-state index contributed by atoms with van der Waals surface area (Å²) in [5.74, 6) is -0.469. The van der Waals surface area contributed by atoms with E-state index in [1.807, 2.05) is 30.7 Å². The average Bonchev–Trinajstić information content (AvgIpc) is 3.61. The van der Waals surface area contributed by atoms with Crippen LogP contribution in [0.5, 0.6) is 5.88 Å². The maximum atomic E-state index is 13.3. The van der Waals surface area contributed by atoms with Crippen molar-refractivity contribution in [3.05, 3.63) is 96.6 Å². The van der Waals surface area contributed by atoms with Gasteiger partial charge in [-0.1, -0.05) is 18.7 Å². The van der Waals surface area contributed by atoms with E-state index in [9.17, 15) is 14.4 Å². The molecule has 4 aliphatic heterocycles. The number of imide groups is 1. The smallest absolute Gasteiger partial charge is 0.262 e. The molecule has 1 N–H and O–H groups in total. The van der Waals surface area contributed by atoms with E-state index in [2.05, 4.69) is 85.6 Å². The summed E-state index contributed by atoms with van der Waals surface area (Å²) in [6, 6.07) is 18.5. The summed E-state index contributed by atoms with van der Waals surface area (Å²) in [7, 11) is 4.40. The first-order valence-electron chi connectivity index (χ1n) is 21.4. The van der Waals surface area contributed by atoms with Crippen LogP contribution in [0.1, 0.15) is 59.2 Å². The van der Waals surface area contributed by atoms with Crippen LogP contribution in [0.25, 0.3) is 32.9 Å². The van der Waals surface area contributed by atoms with Crippen LogP contribution in [0.3, 0.4) is 0 Å². The molecule has 60 heavy (non-hydrogen) atoms. The van der Waals surface area contributed by atoms with Gasteiger partial charge in [-0.15, -0.1) is 0 Å². The number of rotatable bonds is 11. The zero-order chi connectivity index (χ0) is 40.9. The van der Waals surface area contributed by atoms with E-state index in [0.717, 1.165) is 67.3 Å². The van der Waals surface area contributed by atoms with Crippen LogP contribution in [0.2, 0.25) is 0 Å². The standard InChI is InChI=1S/C47H50N8O5/c1-28-4-10-41(44(56)50-28)55-45(57)37-9-7-31(19-38(37)46(55)58)54-24-35(25-54)59-15-14-53-26-47(27-53)20-33(21-47)51(2)32-17-34(18-32)60-43-11-6-30(22-49-43)29-5-8-36-39-23-48-13-12-40(39)52(3)42(36)16-29/h5-9,11-13,16,19,22-23,32-35,41H,1,4,10,14-15,17-18,20-21,24-27H2,2-3H3,(H,50,56)/t32-,34-,41?. The Morgan fingerprint density at radius 2 is 1.68 bits per heavy atom. The van der Waals surface area contributed by atoms with E-state index in [0.29, 0.717) is 59.7 Å². The summed E-state index contributed by atoms with van der Waals surface area (Å²) in [6.45, 7) is 9.24. The molecule has 6 aliphatic rings. The number of amides is 3. The van der Waals surface area contributed by atoms with Crippen molar-refractivity contribution < 1.29 is 23.9 Å². The van der Waals surface area contributed by atoms with Gasteiger partial charge in [0.25, 0.3) is 11.8 Å². The highest BCUT2D eigenvalue weighted by atomic mass is 16.5. The first-order chi connectivity index (χ1) is 29.1.